The van der Waals surface area contributed by atoms with Gasteiger partial charge in [0.15, 0.2) is 23.1 Å². The lowest BCUT2D eigenvalue weighted by Gasteiger charge is -2.42. The minimum absolute atomic E-state index is 0.00838. The Kier molecular flexibility index (Phi) is 17.6. The van der Waals surface area contributed by atoms with Gasteiger partial charge < -0.3 is 53.4 Å². The minimum atomic E-state index is -0.140. The highest BCUT2D eigenvalue weighted by molar-refractivity contribution is 6.14. The van der Waals surface area contributed by atoms with E-state index in [1.54, 1.807) is 69.9 Å². The fourth-order valence-electron chi connectivity index (χ4n) is 12.6. The molecule has 4 fully saturated rings. The Morgan fingerprint density at radius 1 is 0.518 bits per heavy atom. The SMILES string of the molecule is CCN1c2ccccc2C(=O)N(C)c2cnc(Cc3ccc(C(=O)N4CCC(N5CCN(C)CC5)CC4)cc3OC)nc21.COc1cc(C(=O)N2CCC(N3CCN(C)CC3)CC2)ccc1Oc1ncc2c(n1)N(C)c1ccccc1C(=O)N2C. The number of rotatable bonds is 11. The molecule has 2 aromatic heterocycles. The van der Waals surface area contributed by atoms with Gasteiger partial charge in [0, 0.05) is 141 Å². The van der Waals surface area contributed by atoms with Gasteiger partial charge >= 0.3 is 6.01 Å². The number of piperazine rings is 2. The average Bonchev–Trinajstić information content (AvgIpc) is 3.85. The number of carbonyl (C=O) groups excluding carboxylic acids is 4. The lowest BCUT2D eigenvalue weighted by molar-refractivity contribution is 0.0513. The van der Waals surface area contributed by atoms with Crippen LogP contribution in [0.25, 0.3) is 0 Å². The molecule has 0 N–H and O–H groups in total. The topological polar surface area (TPSA) is 180 Å². The molecule has 0 atom stereocenters. The molecule has 4 saturated heterocycles. The molecule has 446 valence electrons. The third-order valence-electron chi connectivity index (χ3n) is 17.8. The van der Waals surface area contributed by atoms with Crippen molar-refractivity contribution >= 4 is 58.0 Å². The van der Waals surface area contributed by atoms with Gasteiger partial charge in [-0.25, -0.2) is 15.0 Å². The van der Waals surface area contributed by atoms with Crippen molar-refractivity contribution in [2.24, 2.45) is 0 Å². The number of piperidine rings is 2. The number of aromatic nitrogens is 4. The molecule has 4 aromatic carbocycles. The maximum absolute atomic E-state index is 13.5. The Bertz CT molecular complexity index is 3420. The van der Waals surface area contributed by atoms with E-state index >= 15 is 0 Å². The number of fused-ring (bicyclic) bond motifs is 4. The summed E-state index contributed by atoms with van der Waals surface area (Å²) in [7, 11) is 12.8. The Morgan fingerprint density at radius 3 is 1.56 bits per heavy atom. The normalized spacial score (nSPS) is 18.4. The first-order valence-corrected chi connectivity index (χ1v) is 29.7. The molecular weight excluding hydrogens is 1080 g/mol. The number of hydrogen-bond acceptors (Lipinski definition) is 17. The van der Waals surface area contributed by atoms with E-state index in [-0.39, 0.29) is 29.6 Å². The maximum Gasteiger partial charge on any atom is 0.324 e. The first-order valence-electron chi connectivity index (χ1n) is 29.7. The van der Waals surface area contributed by atoms with Gasteiger partial charge in [-0.2, -0.15) is 4.98 Å². The predicted octanol–water partition coefficient (Wildman–Crippen LogP) is 7.16. The number of amides is 4. The van der Waals surface area contributed by atoms with Crippen LogP contribution in [0.1, 0.15) is 85.4 Å². The van der Waals surface area contributed by atoms with Gasteiger partial charge in [-0.15, -0.1) is 0 Å². The van der Waals surface area contributed by atoms with Crippen molar-refractivity contribution in [3.8, 4) is 23.3 Å². The highest BCUT2D eigenvalue weighted by atomic mass is 16.5. The molecule has 0 bridgehead atoms. The molecule has 4 amide bonds. The van der Waals surface area contributed by atoms with Gasteiger partial charge in [0.25, 0.3) is 23.6 Å². The Hall–Kier alpha value is -8.24. The molecule has 8 heterocycles. The van der Waals surface area contributed by atoms with Gasteiger partial charge in [0.1, 0.15) is 22.9 Å². The van der Waals surface area contributed by atoms with Crippen molar-refractivity contribution in [2.45, 2.75) is 51.1 Å². The smallest absolute Gasteiger partial charge is 0.324 e. The van der Waals surface area contributed by atoms with Crippen molar-refractivity contribution in [1.29, 1.82) is 0 Å². The van der Waals surface area contributed by atoms with Crippen molar-refractivity contribution in [2.75, 3.05) is 154 Å². The minimum Gasteiger partial charge on any atom is -0.496 e. The second kappa shape index (κ2) is 25.5. The van der Waals surface area contributed by atoms with E-state index in [9.17, 15) is 19.2 Å². The number of carbonyl (C=O) groups is 4. The van der Waals surface area contributed by atoms with Gasteiger partial charge in [0.05, 0.1) is 49.1 Å². The molecule has 6 aromatic rings. The molecule has 21 nitrogen and oxygen atoms in total. The summed E-state index contributed by atoms with van der Waals surface area (Å²) in [6, 6.07) is 27.1. The lowest BCUT2D eigenvalue weighted by Crippen LogP contribution is -2.52. The van der Waals surface area contributed by atoms with Crippen LogP contribution in [-0.4, -0.2) is 220 Å². The van der Waals surface area contributed by atoms with E-state index in [0.29, 0.717) is 93.4 Å². The number of anilines is 6. The zero-order chi connectivity index (χ0) is 59.5. The van der Waals surface area contributed by atoms with E-state index in [1.165, 1.54) is 4.90 Å². The van der Waals surface area contributed by atoms with Crippen molar-refractivity contribution in [3.05, 3.63) is 131 Å². The number of methoxy groups -OCH3 is 2. The third kappa shape index (κ3) is 12.2. The van der Waals surface area contributed by atoms with Gasteiger partial charge in [-0.1, -0.05) is 30.3 Å². The van der Waals surface area contributed by atoms with Crippen LogP contribution in [0.15, 0.2) is 97.3 Å². The first kappa shape index (κ1) is 58.5. The molecular formula is C64H78N14O7. The van der Waals surface area contributed by atoms with Crippen molar-refractivity contribution in [3.63, 3.8) is 0 Å². The molecule has 0 unspecified atom stereocenters. The molecule has 21 heteroatoms. The Balaban J connectivity index is 0.000000177. The highest BCUT2D eigenvalue weighted by Crippen LogP contribution is 2.41. The van der Waals surface area contributed by atoms with Crippen LogP contribution in [0.2, 0.25) is 0 Å². The summed E-state index contributed by atoms with van der Waals surface area (Å²) >= 11 is 0. The fraction of sp³-hybridized carbons (Fsp3) is 0.438. The number of likely N-dealkylation sites (tertiary alicyclic amines) is 2. The zero-order valence-corrected chi connectivity index (χ0v) is 50.2. The van der Waals surface area contributed by atoms with Crippen LogP contribution in [0, 0.1) is 0 Å². The number of likely N-dealkylation sites (N-methyl/N-ethyl adjacent to an activating group) is 2. The molecule has 6 aliphatic rings. The summed E-state index contributed by atoms with van der Waals surface area (Å²) in [6.07, 6.45) is 7.74. The molecule has 85 heavy (non-hydrogen) atoms. The summed E-state index contributed by atoms with van der Waals surface area (Å²) in [4.78, 5) is 92.6. The summed E-state index contributed by atoms with van der Waals surface area (Å²) in [6.45, 7) is 14.6. The molecule has 0 saturated carbocycles. The van der Waals surface area contributed by atoms with Gasteiger partial charge in [-0.05, 0) is 101 Å². The van der Waals surface area contributed by atoms with Crippen LogP contribution < -0.4 is 33.8 Å². The average molecular weight is 1160 g/mol. The van der Waals surface area contributed by atoms with E-state index in [2.05, 4.69) is 53.5 Å². The van der Waals surface area contributed by atoms with Crippen molar-refractivity contribution in [1.82, 2.24) is 49.3 Å². The monoisotopic (exact) mass is 1150 g/mol. The number of para-hydroxylation sites is 2. The molecule has 12 rings (SSSR count). The van der Waals surface area contributed by atoms with E-state index < -0.39 is 0 Å². The van der Waals surface area contributed by atoms with Gasteiger partial charge in [0.2, 0.25) is 0 Å². The Labute approximate surface area is 498 Å². The standard InChI is InChI=1S/C33H41N7O3.C31H37N7O4/c1-5-40-27-9-7-6-8-26(27)33(42)37(3)28-22-34-30(35-31(28)40)21-23-10-11-24(20-29(23)43-4)32(41)39-14-12-25(13-15-39)38-18-16-36(2)17-19-38;1-34-15-17-37(18-16-34)22-11-13-38(14-12-22)29(39)21-9-10-26(27(19-21)41-4)42-31-32-20-25-28(33-31)35(2)24-8-6-5-7-23(24)30(40)36(25)3/h6-11,20,22,25H,5,12-19,21H2,1-4H3;5-10,19-20,22H,11-18H2,1-4H3. The van der Waals surface area contributed by atoms with Crippen LogP contribution in [0.5, 0.6) is 23.3 Å². The van der Waals surface area contributed by atoms with Crippen LogP contribution in [0.4, 0.5) is 34.4 Å². The summed E-state index contributed by atoms with van der Waals surface area (Å²) in [5, 5.41) is 0. The second-order valence-corrected chi connectivity index (χ2v) is 22.8. The van der Waals surface area contributed by atoms with Crippen LogP contribution in [-0.2, 0) is 6.42 Å². The van der Waals surface area contributed by atoms with E-state index in [0.717, 1.165) is 121 Å². The summed E-state index contributed by atoms with van der Waals surface area (Å²) in [5.41, 5.74) is 6.10. The quantitative estimate of drug-likeness (QED) is 0.127. The molecule has 0 spiro atoms. The largest absolute Gasteiger partial charge is 0.496 e. The number of benzene rings is 4. The molecule has 0 aliphatic carbocycles. The maximum atomic E-state index is 13.5. The Morgan fingerprint density at radius 2 is 1.01 bits per heavy atom. The predicted molar refractivity (Wildman–Crippen MR) is 328 cm³/mol. The van der Waals surface area contributed by atoms with Crippen LogP contribution >= 0.6 is 0 Å². The number of hydrogen-bond donors (Lipinski definition) is 0. The summed E-state index contributed by atoms with van der Waals surface area (Å²) in [5.74, 6) is 3.10. The fourth-order valence-corrected chi connectivity index (χ4v) is 12.6. The van der Waals surface area contributed by atoms with Crippen LogP contribution in [0.3, 0.4) is 0 Å². The first-order chi connectivity index (χ1) is 41.2. The number of nitrogens with zero attached hydrogens (tertiary/aromatic N) is 14. The van der Waals surface area contributed by atoms with E-state index in [1.807, 2.05) is 89.3 Å². The summed E-state index contributed by atoms with van der Waals surface area (Å²) < 4.78 is 17.4. The zero-order valence-electron chi connectivity index (χ0n) is 50.2. The second-order valence-electron chi connectivity index (χ2n) is 22.8. The third-order valence-corrected chi connectivity index (χ3v) is 17.8. The molecule has 0 radical (unpaired) electrons. The van der Waals surface area contributed by atoms with E-state index in [4.69, 9.17) is 19.2 Å². The lowest BCUT2D eigenvalue weighted by atomic mass is 10.0. The van der Waals surface area contributed by atoms with Gasteiger partial charge in [-0.3, -0.25) is 29.0 Å². The highest BCUT2D eigenvalue weighted by Gasteiger charge is 2.34. The van der Waals surface area contributed by atoms with Crippen molar-refractivity contribution < 1.29 is 33.4 Å². The number of ether oxygens (including phenoxy) is 3. The molecule has 6 aliphatic heterocycles.